The monoisotopic (exact) mass is 183 g/mol. The van der Waals surface area contributed by atoms with E-state index in [1.54, 1.807) is 4.68 Å². The van der Waals surface area contributed by atoms with Gasteiger partial charge in [0.15, 0.2) is 0 Å². The molecule has 1 rings (SSSR count). The van der Waals surface area contributed by atoms with Gasteiger partial charge in [-0.15, -0.1) is 0 Å². The molecule has 0 bridgehead atoms. The molecular formula is C9H17N3O. The number of hydrogen-bond acceptors (Lipinski definition) is 3. The van der Waals surface area contributed by atoms with E-state index in [-0.39, 0.29) is 5.41 Å². The van der Waals surface area contributed by atoms with Crippen molar-refractivity contribution in [3.63, 3.8) is 0 Å². The molecule has 0 amide bonds. The second-order valence-corrected chi connectivity index (χ2v) is 4.23. The maximum Gasteiger partial charge on any atom is 0.0681 e. The van der Waals surface area contributed by atoms with Crippen LogP contribution < -0.4 is 5.48 Å². The predicted octanol–water partition coefficient (Wildman–Crippen LogP) is 1.20. The van der Waals surface area contributed by atoms with Gasteiger partial charge in [0.05, 0.1) is 17.9 Å². The molecule has 0 saturated heterocycles. The summed E-state index contributed by atoms with van der Waals surface area (Å²) in [5, 5.41) is 12.9. The predicted molar refractivity (Wildman–Crippen MR) is 50.5 cm³/mol. The van der Waals surface area contributed by atoms with Crippen LogP contribution >= 0.6 is 0 Å². The summed E-state index contributed by atoms with van der Waals surface area (Å²) in [6, 6.07) is 2.00. The maximum atomic E-state index is 8.57. The van der Waals surface area contributed by atoms with Crippen molar-refractivity contribution in [3.05, 3.63) is 17.5 Å². The first-order valence-electron chi connectivity index (χ1n) is 4.35. The van der Waals surface area contributed by atoms with Crippen LogP contribution in [0, 0.1) is 0 Å². The fraction of sp³-hybridized carbons (Fsp3) is 0.667. The molecule has 0 radical (unpaired) electrons. The van der Waals surface area contributed by atoms with Gasteiger partial charge in [0, 0.05) is 12.5 Å². The van der Waals surface area contributed by atoms with Crippen molar-refractivity contribution in [3.8, 4) is 0 Å². The molecule has 2 N–H and O–H groups in total. The molecule has 0 fully saturated rings. The number of aryl methyl sites for hydroxylation is 1. The third-order valence-corrected chi connectivity index (χ3v) is 2.01. The van der Waals surface area contributed by atoms with Crippen molar-refractivity contribution in [1.82, 2.24) is 15.3 Å². The second kappa shape index (κ2) is 3.47. The topological polar surface area (TPSA) is 50.1 Å². The molecular weight excluding hydrogens is 166 g/mol. The van der Waals surface area contributed by atoms with E-state index in [1.165, 1.54) is 0 Å². The average Bonchev–Trinajstić information content (AvgIpc) is 2.32. The van der Waals surface area contributed by atoms with Crippen LogP contribution in [0.4, 0.5) is 0 Å². The fourth-order valence-electron chi connectivity index (χ4n) is 1.12. The Morgan fingerprint density at radius 2 is 2.15 bits per heavy atom. The zero-order chi connectivity index (χ0) is 10.1. The lowest BCUT2D eigenvalue weighted by Crippen LogP contribution is -2.12. The van der Waals surface area contributed by atoms with E-state index < -0.39 is 0 Å². The molecule has 0 aliphatic rings. The van der Waals surface area contributed by atoms with Crippen LogP contribution in [0.3, 0.4) is 0 Å². The molecule has 0 aliphatic carbocycles. The minimum Gasteiger partial charge on any atom is -0.316 e. The van der Waals surface area contributed by atoms with Crippen molar-refractivity contribution >= 4 is 0 Å². The highest BCUT2D eigenvalue weighted by molar-refractivity contribution is 5.17. The SMILES string of the molecule is Cn1nc(C(C)(C)C)cc1CNO. The smallest absolute Gasteiger partial charge is 0.0681 e. The Bertz CT molecular complexity index is 286. The minimum atomic E-state index is 0.0610. The summed E-state index contributed by atoms with van der Waals surface area (Å²) in [7, 11) is 1.88. The number of hydrogen-bond donors (Lipinski definition) is 2. The van der Waals surface area contributed by atoms with Gasteiger partial charge in [-0.25, -0.2) is 0 Å². The van der Waals surface area contributed by atoms with Gasteiger partial charge in [-0.05, 0) is 6.07 Å². The Morgan fingerprint density at radius 1 is 1.54 bits per heavy atom. The summed E-state index contributed by atoms with van der Waals surface area (Å²) in [6.45, 7) is 6.78. The third-order valence-electron chi connectivity index (χ3n) is 2.01. The average molecular weight is 183 g/mol. The first-order valence-corrected chi connectivity index (χ1v) is 4.35. The van der Waals surface area contributed by atoms with Gasteiger partial charge in [0.25, 0.3) is 0 Å². The third kappa shape index (κ3) is 2.29. The van der Waals surface area contributed by atoms with Crippen LogP contribution in [0.5, 0.6) is 0 Å². The van der Waals surface area contributed by atoms with E-state index in [0.717, 1.165) is 11.4 Å². The lowest BCUT2D eigenvalue weighted by Gasteiger charge is -2.13. The van der Waals surface area contributed by atoms with Gasteiger partial charge in [-0.1, -0.05) is 20.8 Å². The lowest BCUT2D eigenvalue weighted by molar-refractivity contribution is 0.158. The van der Waals surface area contributed by atoms with E-state index >= 15 is 0 Å². The molecule has 4 nitrogen and oxygen atoms in total. The van der Waals surface area contributed by atoms with E-state index in [2.05, 4.69) is 31.3 Å². The van der Waals surface area contributed by atoms with Crippen molar-refractivity contribution < 1.29 is 5.21 Å². The van der Waals surface area contributed by atoms with E-state index in [0.29, 0.717) is 6.54 Å². The summed E-state index contributed by atoms with van der Waals surface area (Å²) in [6.07, 6.45) is 0. The number of aromatic nitrogens is 2. The van der Waals surface area contributed by atoms with Crippen LogP contribution in [0.2, 0.25) is 0 Å². The number of hydroxylamine groups is 1. The van der Waals surface area contributed by atoms with Crippen molar-refractivity contribution in [2.45, 2.75) is 32.7 Å². The molecule has 0 aliphatic heterocycles. The fourth-order valence-corrected chi connectivity index (χ4v) is 1.12. The highest BCUT2D eigenvalue weighted by Gasteiger charge is 2.18. The van der Waals surface area contributed by atoms with Gasteiger partial charge in [0.1, 0.15) is 0 Å². The molecule has 0 spiro atoms. The summed E-state index contributed by atoms with van der Waals surface area (Å²) in [5.74, 6) is 0. The Balaban J connectivity index is 2.95. The zero-order valence-corrected chi connectivity index (χ0v) is 8.63. The molecule has 1 heterocycles. The molecule has 0 aromatic carbocycles. The van der Waals surface area contributed by atoms with Gasteiger partial charge in [0.2, 0.25) is 0 Å². The second-order valence-electron chi connectivity index (χ2n) is 4.23. The van der Waals surface area contributed by atoms with Gasteiger partial charge in [-0.2, -0.15) is 10.6 Å². The first kappa shape index (κ1) is 10.2. The molecule has 13 heavy (non-hydrogen) atoms. The summed E-state index contributed by atoms with van der Waals surface area (Å²) in [4.78, 5) is 0. The highest BCUT2D eigenvalue weighted by Crippen LogP contribution is 2.20. The van der Waals surface area contributed by atoms with E-state index in [9.17, 15) is 0 Å². The summed E-state index contributed by atoms with van der Waals surface area (Å²) < 4.78 is 1.78. The van der Waals surface area contributed by atoms with Crippen molar-refractivity contribution in [2.75, 3.05) is 0 Å². The van der Waals surface area contributed by atoms with Crippen molar-refractivity contribution in [2.24, 2.45) is 7.05 Å². The standard InChI is InChI=1S/C9H17N3O/c1-9(2,3)8-5-7(6-10-13)12(4)11-8/h5,10,13H,6H2,1-4H3. The Hall–Kier alpha value is -0.870. The molecule has 1 aromatic rings. The molecule has 0 unspecified atom stereocenters. The molecule has 4 heteroatoms. The number of nitrogens with one attached hydrogen (secondary N) is 1. The summed E-state index contributed by atoms with van der Waals surface area (Å²) in [5.41, 5.74) is 4.21. The molecule has 0 atom stereocenters. The highest BCUT2D eigenvalue weighted by atomic mass is 16.5. The van der Waals surface area contributed by atoms with Crippen LogP contribution in [0.15, 0.2) is 6.07 Å². The maximum absolute atomic E-state index is 8.57. The van der Waals surface area contributed by atoms with Crippen molar-refractivity contribution in [1.29, 1.82) is 0 Å². The number of nitrogens with zero attached hydrogens (tertiary/aromatic N) is 2. The molecule has 74 valence electrons. The van der Waals surface area contributed by atoms with Crippen LogP contribution in [-0.2, 0) is 19.0 Å². The Morgan fingerprint density at radius 3 is 2.54 bits per heavy atom. The lowest BCUT2D eigenvalue weighted by atomic mass is 9.92. The normalized spacial score (nSPS) is 12.1. The van der Waals surface area contributed by atoms with Crippen LogP contribution in [-0.4, -0.2) is 15.0 Å². The van der Waals surface area contributed by atoms with Crippen LogP contribution in [0.25, 0.3) is 0 Å². The largest absolute Gasteiger partial charge is 0.316 e. The Kier molecular flexibility index (Phi) is 2.73. The van der Waals surface area contributed by atoms with E-state index in [4.69, 9.17) is 5.21 Å². The van der Waals surface area contributed by atoms with Gasteiger partial charge < -0.3 is 5.21 Å². The van der Waals surface area contributed by atoms with E-state index in [1.807, 2.05) is 13.1 Å². The summed E-state index contributed by atoms with van der Waals surface area (Å²) >= 11 is 0. The Labute approximate surface area is 78.5 Å². The molecule has 1 aromatic heterocycles. The minimum absolute atomic E-state index is 0.0610. The zero-order valence-electron chi connectivity index (χ0n) is 8.63. The van der Waals surface area contributed by atoms with Crippen LogP contribution in [0.1, 0.15) is 32.2 Å². The number of rotatable bonds is 2. The first-order chi connectivity index (χ1) is 5.95. The van der Waals surface area contributed by atoms with Gasteiger partial charge in [-0.3, -0.25) is 4.68 Å². The van der Waals surface area contributed by atoms with Gasteiger partial charge >= 0.3 is 0 Å². The molecule has 0 saturated carbocycles. The quantitative estimate of drug-likeness (QED) is 0.677.